The molecule has 120 valence electrons. The molecule has 2 aromatic heterocycles. The van der Waals surface area contributed by atoms with E-state index in [1.165, 1.54) is 6.20 Å². The highest BCUT2D eigenvalue weighted by molar-refractivity contribution is 9.10. The molecule has 0 saturated carbocycles. The van der Waals surface area contributed by atoms with E-state index in [0.717, 1.165) is 10.2 Å². The predicted molar refractivity (Wildman–Crippen MR) is 93.7 cm³/mol. The summed E-state index contributed by atoms with van der Waals surface area (Å²) in [6, 6.07) is 9.62. The summed E-state index contributed by atoms with van der Waals surface area (Å²) in [5.41, 5.74) is 3.49. The number of rotatable bonds is 3. The molecule has 0 fully saturated rings. The van der Waals surface area contributed by atoms with Gasteiger partial charge in [-0.25, -0.2) is 9.31 Å². The van der Waals surface area contributed by atoms with Gasteiger partial charge in [0.05, 0.1) is 34.8 Å². The Morgan fingerprint density at radius 3 is 2.71 bits per heavy atom. The van der Waals surface area contributed by atoms with Crippen molar-refractivity contribution in [3.8, 4) is 6.07 Å². The van der Waals surface area contributed by atoms with Gasteiger partial charge in [0.15, 0.2) is 0 Å². The predicted octanol–water partition coefficient (Wildman–Crippen LogP) is 4.11. The summed E-state index contributed by atoms with van der Waals surface area (Å²) in [6.45, 7) is 1.77. The molecule has 7 nitrogen and oxygen atoms in total. The summed E-state index contributed by atoms with van der Waals surface area (Å²) in [6.07, 6.45) is 1.86. The van der Waals surface area contributed by atoms with Crippen molar-refractivity contribution in [1.29, 1.82) is 5.26 Å². The molecule has 2 heterocycles. The van der Waals surface area contributed by atoms with E-state index in [0.29, 0.717) is 28.0 Å². The Bertz CT molecular complexity index is 973. The van der Waals surface area contributed by atoms with Gasteiger partial charge < -0.3 is 10.4 Å². The van der Waals surface area contributed by atoms with Gasteiger partial charge in [-0.15, -0.1) is 0 Å². The van der Waals surface area contributed by atoms with Crippen LogP contribution in [-0.4, -0.2) is 20.8 Å². The maximum Gasteiger partial charge on any atom is 0.409 e. The molecule has 3 N–H and O–H groups in total. The SMILES string of the molecule is Cc1c(NC(=O)O)cn2ncc(C#N)c(Nc3ccc(Br)cc3)c12. The quantitative estimate of drug-likeness (QED) is 0.629. The zero-order chi connectivity index (χ0) is 17.3. The highest BCUT2D eigenvalue weighted by Crippen LogP contribution is 2.32. The fraction of sp³-hybridized carbons (Fsp3) is 0.0625. The van der Waals surface area contributed by atoms with Gasteiger partial charge in [0.1, 0.15) is 6.07 Å². The van der Waals surface area contributed by atoms with Crippen LogP contribution in [-0.2, 0) is 0 Å². The Morgan fingerprint density at radius 1 is 1.38 bits per heavy atom. The van der Waals surface area contributed by atoms with E-state index in [1.54, 1.807) is 17.6 Å². The number of amides is 1. The topological polar surface area (TPSA) is 102 Å². The number of benzene rings is 1. The van der Waals surface area contributed by atoms with Crippen molar-refractivity contribution in [2.45, 2.75) is 6.92 Å². The molecule has 3 aromatic rings. The van der Waals surface area contributed by atoms with Crippen molar-refractivity contribution in [3.63, 3.8) is 0 Å². The molecular formula is C16H12BrN5O2. The summed E-state index contributed by atoms with van der Waals surface area (Å²) in [7, 11) is 0. The summed E-state index contributed by atoms with van der Waals surface area (Å²) < 4.78 is 2.49. The van der Waals surface area contributed by atoms with Crippen LogP contribution in [0.5, 0.6) is 0 Å². The van der Waals surface area contributed by atoms with Crippen LogP contribution < -0.4 is 10.6 Å². The Labute approximate surface area is 145 Å². The van der Waals surface area contributed by atoms with Crippen LogP contribution in [0.25, 0.3) is 5.52 Å². The van der Waals surface area contributed by atoms with E-state index in [-0.39, 0.29) is 0 Å². The van der Waals surface area contributed by atoms with Crippen molar-refractivity contribution >= 4 is 44.6 Å². The number of nitrogens with one attached hydrogen (secondary N) is 2. The third-order valence-corrected chi connectivity index (χ3v) is 4.06. The van der Waals surface area contributed by atoms with Crippen LogP contribution >= 0.6 is 15.9 Å². The number of halogens is 1. The molecular weight excluding hydrogens is 374 g/mol. The first-order valence-corrected chi connectivity index (χ1v) is 7.72. The highest BCUT2D eigenvalue weighted by Gasteiger charge is 2.16. The van der Waals surface area contributed by atoms with E-state index in [2.05, 4.69) is 37.7 Å². The van der Waals surface area contributed by atoms with Gasteiger partial charge in [-0.05, 0) is 31.2 Å². The van der Waals surface area contributed by atoms with E-state index in [1.807, 2.05) is 24.3 Å². The molecule has 3 rings (SSSR count). The van der Waals surface area contributed by atoms with Crippen molar-refractivity contribution in [2.75, 3.05) is 10.6 Å². The second kappa shape index (κ2) is 6.22. The molecule has 0 bridgehead atoms. The number of nitriles is 1. The molecule has 0 saturated heterocycles. The monoisotopic (exact) mass is 385 g/mol. The second-order valence-corrected chi connectivity index (χ2v) is 5.98. The molecule has 8 heteroatoms. The molecule has 1 aromatic carbocycles. The maximum atomic E-state index is 10.9. The molecule has 0 spiro atoms. The number of fused-ring (bicyclic) bond motifs is 1. The van der Waals surface area contributed by atoms with Crippen molar-refractivity contribution in [3.05, 3.63) is 52.3 Å². The zero-order valence-corrected chi connectivity index (χ0v) is 14.1. The standard InChI is InChI=1S/C16H12BrN5O2/c1-9-13(21-16(23)24)8-22-15(9)14(10(6-18)7-19-22)20-12-4-2-11(17)3-5-12/h2-5,7-8,20-21H,1H3,(H,23,24). The molecule has 0 aliphatic rings. The van der Waals surface area contributed by atoms with Crippen molar-refractivity contribution in [1.82, 2.24) is 9.61 Å². The number of hydrogen-bond donors (Lipinski definition) is 3. The van der Waals surface area contributed by atoms with Crippen molar-refractivity contribution in [2.24, 2.45) is 0 Å². The van der Waals surface area contributed by atoms with Crippen LogP contribution in [0, 0.1) is 18.3 Å². The van der Waals surface area contributed by atoms with Gasteiger partial charge in [0.25, 0.3) is 0 Å². The fourth-order valence-corrected chi connectivity index (χ4v) is 2.68. The molecule has 0 unspecified atom stereocenters. The first-order chi connectivity index (χ1) is 11.5. The normalized spacial score (nSPS) is 10.4. The van der Waals surface area contributed by atoms with Gasteiger partial charge in [-0.2, -0.15) is 10.4 Å². The lowest BCUT2D eigenvalue weighted by Gasteiger charge is -2.11. The Hall–Kier alpha value is -3.05. The van der Waals surface area contributed by atoms with Crippen LogP contribution in [0.1, 0.15) is 11.1 Å². The van der Waals surface area contributed by atoms with Crippen LogP contribution in [0.15, 0.2) is 41.1 Å². The molecule has 0 radical (unpaired) electrons. The number of aryl methyl sites for hydroxylation is 1. The van der Waals surface area contributed by atoms with E-state index >= 15 is 0 Å². The number of nitrogens with zero attached hydrogens (tertiary/aromatic N) is 3. The lowest BCUT2D eigenvalue weighted by molar-refractivity contribution is 0.209. The van der Waals surface area contributed by atoms with Crippen LogP contribution in [0.4, 0.5) is 21.9 Å². The number of carboxylic acid groups (broad SMARTS) is 1. The Kier molecular flexibility index (Phi) is 4.10. The van der Waals surface area contributed by atoms with E-state index in [9.17, 15) is 10.1 Å². The van der Waals surface area contributed by atoms with Gasteiger partial charge in [0.2, 0.25) is 0 Å². The van der Waals surface area contributed by atoms with Gasteiger partial charge in [-0.1, -0.05) is 15.9 Å². The molecule has 1 amide bonds. The third-order valence-electron chi connectivity index (χ3n) is 3.53. The highest BCUT2D eigenvalue weighted by atomic mass is 79.9. The lowest BCUT2D eigenvalue weighted by atomic mass is 10.1. The first-order valence-electron chi connectivity index (χ1n) is 6.93. The Balaban J connectivity index is 2.16. The van der Waals surface area contributed by atoms with Crippen LogP contribution in [0.2, 0.25) is 0 Å². The average molecular weight is 386 g/mol. The van der Waals surface area contributed by atoms with Crippen molar-refractivity contribution < 1.29 is 9.90 Å². The van der Waals surface area contributed by atoms with Gasteiger partial charge in [0, 0.05) is 15.7 Å². The minimum atomic E-state index is -1.16. The summed E-state index contributed by atoms with van der Waals surface area (Å²) in [4.78, 5) is 10.9. The number of hydrogen-bond acceptors (Lipinski definition) is 4. The minimum absolute atomic E-state index is 0.369. The number of anilines is 3. The van der Waals surface area contributed by atoms with E-state index in [4.69, 9.17) is 5.11 Å². The molecule has 0 aliphatic heterocycles. The zero-order valence-electron chi connectivity index (χ0n) is 12.5. The first kappa shape index (κ1) is 15.8. The number of carbonyl (C=O) groups is 1. The maximum absolute atomic E-state index is 10.9. The second-order valence-electron chi connectivity index (χ2n) is 5.07. The molecule has 24 heavy (non-hydrogen) atoms. The largest absolute Gasteiger partial charge is 0.465 e. The summed E-state index contributed by atoms with van der Waals surface area (Å²) in [5.74, 6) is 0. The fourth-order valence-electron chi connectivity index (χ4n) is 2.42. The Morgan fingerprint density at radius 2 is 2.08 bits per heavy atom. The number of aromatic nitrogens is 2. The summed E-state index contributed by atoms with van der Waals surface area (Å²) in [5, 5.41) is 28.1. The average Bonchev–Trinajstić information content (AvgIpc) is 2.86. The van der Waals surface area contributed by atoms with Gasteiger partial charge >= 0.3 is 6.09 Å². The molecule has 0 aliphatic carbocycles. The van der Waals surface area contributed by atoms with Crippen LogP contribution in [0.3, 0.4) is 0 Å². The summed E-state index contributed by atoms with van der Waals surface area (Å²) >= 11 is 3.38. The van der Waals surface area contributed by atoms with Gasteiger partial charge in [-0.3, -0.25) is 5.32 Å². The van der Waals surface area contributed by atoms with E-state index < -0.39 is 6.09 Å². The lowest BCUT2D eigenvalue weighted by Crippen LogP contribution is -2.07. The molecule has 0 atom stereocenters. The minimum Gasteiger partial charge on any atom is -0.465 e. The third kappa shape index (κ3) is 2.89. The smallest absolute Gasteiger partial charge is 0.409 e.